The first-order valence-corrected chi connectivity index (χ1v) is 9.49. The minimum Gasteiger partial charge on any atom is -0.491 e. The molecule has 0 amide bonds. The molecule has 0 aliphatic carbocycles. The number of aromatic nitrogens is 6. The van der Waals surface area contributed by atoms with Crippen LogP contribution < -0.4 is 30.5 Å². The first-order chi connectivity index (χ1) is 15.9. The molecule has 4 rings (SSSR count). The molecule has 0 radical (unpaired) electrons. The third-order valence-corrected chi connectivity index (χ3v) is 4.61. The van der Waals surface area contributed by atoms with Crippen LogP contribution in [0.4, 0.5) is 0 Å². The Bertz CT molecular complexity index is 1310. The molecule has 4 aromatic heterocycles. The highest BCUT2D eigenvalue weighted by molar-refractivity contribution is 5.32. The van der Waals surface area contributed by atoms with Crippen molar-refractivity contribution in [1.29, 1.82) is 0 Å². The molecule has 4 heterocycles. The summed E-state index contributed by atoms with van der Waals surface area (Å²) in [7, 11) is 4.14. The van der Waals surface area contributed by atoms with Gasteiger partial charge >= 0.3 is 0 Å². The fourth-order valence-corrected chi connectivity index (χ4v) is 2.91. The monoisotopic (exact) mass is 450 g/mol. The largest absolute Gasteiger partial charge is 0.491 e. The third-order valence-electron chi connectivity index (χ3n) is 4.61. The summed E-state index contributed by atoms with van der Waals surface area (Å²) in [5.74, 6) is 0.708. The van der Waals surface area contributed by atoms with Crippen molar-refractivity contribution in [2.45, 2.75) is 0 Å². The van der Waals surface area contributed by atoms with E-state index in [9.17, 15) is 14.4 Å². The van der Waals surface area contributed by atoms with Crippen molar-refractivity contribution in [3.63, 3.8) is 0 Å². The average Bonchev–Trinajstić information content (AvgIpc) is 2.84. The van der Waals surface area contributed by atoms with E-state index in [0.717, 1.165) is 0 Å². The van der Waals surface area contributed by atoms with E-state index in [1.165, 1.54) is 90.4 Å². The van der Waals surface area contributed by atoms with Gasteiger partial charge < -0.3 is 14.2 Å². The second kappa shape index (κ2) is 8.78. The van der Waals surface area contributed by atoms with Crippen molar-refractivity contribution in [1.82, 2.24) is 28.7 Å². The molecule has 4 aromatic rings. The van der Waals surface area contributed by atoms with Crippen LogP contribution in [0.3, 0.4) is 0 Å². The Hall–Kier alpha value is -4.74. The zero-order valence-corrected chi connectivity index (χ0v) is 17.8. The van der Waals surface area contributed by atoms with Crippen LogP contribution in [0.5, 0.6) is 17.2 Å². The highest BCUT2D eigenvalue weighted by Crippen LogP contribution is 2.14. The molecular weight excluding hydrogens is 432 g/mol. The lowest BCUT2D eigenvalue weighted by Crippen LogP contribution is -2.17. The van der Waals surface area contributed by atoms with E-state index in [4.69, 9.17) is 14.2 Å². The Morgan fingerprint density at radius 3 is 1.06 bits per heavy atom. The Labute approximate surface area is 185 Å². The summed E-state index contributed by atoms with van der Waals surface area (Å²) in [5, 5.41) is 0. The summed E-state index contributed by atoms with van der Waals surface area (Å²) in [4.78, 5) is 49.1. The zero-order valence-electron chi connectivity index (χ0n) is 17.8. The van der Waals surface area contributed by atoms with Gasteiger partial charge in [-0.2, -0.15) is 15.0 Å². The standard InChI is InChI=1S/C21H18N6O6/c1-31-16-10-25(7-4-13(16)28)19-22-20(26-8-5-14(29)17(11-26)32-2)24-21(23-19)27-9-6-15(30)18(12-27)33-3/h4-12H,1-3H3. The zero-order chi connectivity index (χ0) is 23.5. The van der Waals surface area contributed by atoms with E-state index in [1.807, 2.05) is 0 Å². The van der Waals surface area contributed by atoms with Gasteiger partial charge in [-0.1, -0.05) is 0 Å². The molecule has 0 fully saturated rings. The predicted octanol–water partition coefficient (Wildman–Crippen LogP) is 0.350. The van der Waals surface area contributed by atoms with Gasteiger partial charge in [0.25, 0.3) is 0 Å². The molecule has 0 atom stereocenters. The lowest BCUT2D eigenvalue weighted by Gasteiger charge is -2.13. The summed E-state index contributed by atoms with van der Waals surface area (Å²) >= 11 is 0. The summed E-state index contributed by atoms with van der Waals surface area (Å²) in [6, 6.07) is 3.94. The van der Waals surface area contributed by atoms with Crippen molar-refractivity contribution in [2.24, 2.45) is 0 Å². The molecule has 0 N–H and O–H groups in total. The number of methoxy groups -OCH3 is 3. The van der Waals surface area contributed by atoms with Gasteiger partial charge in [0.2, 0.25) is 34.1 Å². The normalized spacial score (nSPS) is 10.6. The Balaban J connectivity index is 1.96. The van der Waals surface area contributed by atoms with Crippen LogP contribution in [-0.4, -0.2) is 50.0 Å². The fourth-order valence-electron chi connectivity index (χ4n) is 2.91. The Morgan fingerprint density at radius 2 is 0.818 bits per heavy atom. The maximum absolute atomic E-state index is 11.9. The number of ether oxygens (including phenoxy) is 3. The number of hydrogen-bond acceptors (Lipinski definition) is 9. The number of nitrogens with zero attached hydrogens (tertiary/aromatic N) is 6. The molecule has 12 nitrogen and oxygen atoms in total. The Morgan fingerprint density at radius 1 is 0.545 bits per heavy atom. The minimum absolute atomic E-state index is 0.0936. The highest BCUT2D eigenvalue weighted by atomic mass is 16.5. The maximum atomic E-state index is 11.9. The van der Waals surface area contributed by atoms with E-state index in [2.05, 4.69) is 15.0 Å². The van der Waals surface area contributed by atoms with Crippen LogP contribution in [0.2, 0.25) is 0 Å². The van der Waals surface area contributed by atoms with Crippen molar-refractivity contribution < 1.29 is 14.2 Å². The van der Waals surface area contributed by atoms with Crippen molar-refractivity contribution in [2.75, 3.05) is 21.3 Å². The molecule has 33 heavy (non-hydrogen) atoms. The first-order valence-electron chi connectivity index (χ1n) is 9.49. The molecule has 0 spiro atoms. The fraction of sp³-hybridized carbons (Fsp3) is 0.143. The van der Waals surface area contributed by atoms with Crippen molar-refractivity contribution >= 4 is 0 Å². The van der Waals surface area contributed by atoms with Gasteiger partial charge in [0, 0.05) is 36.8 Å². The topological polar surface area (TPSA) is 132 Å². The lowest BCUT2D eigenvalue weighted by atomic mass is 10.4. The molecule has 0 unspecified atom stereocenters. The predicted molar refractivity (Wildman–Crippen MR) is 116 cm³/mol. The van der Waals surface area contributed by atoms with Gasteiger partial charge in [-0.25, -0.2) is 0 Å². The quantitative estimate of drug-likeness (QED) is 0.408. The van der Waals surface area contributed by atoms with Crippen LogP contribution in [0.1, 0.15) is 0 Å². The smallest absolute Gasteiger partial charge is 0.240 e. The molecule has 0 saturated heterocycles. The summed E-state index contributed by atoms with van der Waals surface area (Å²) < 4.78 is 19.8. The molecule has 0 bridgehead atoms. The van der Waals surface area contributed by atoms with E-state index in [-0.39, 0.29) is 51.4 Å². The van der Waals surface area contributed by atoms with Gasteiger partial charge in [-0.15, -0.1) is 0 Å². The molecule has 12 heteroatoms. The van der Waals surface area contributed by atoms with E-state index in [1.54, 1.807) is 0 Å². The SMILES string of the molecule is COc1cn(-c2nc(-n3ccc(=O)c(OC)c3)nc(-n3ccc(=O)c(OC)c3)n2)ccc1=O. The van der Waals surface area contributed by atoms with E-state index < -0.39 is 0 Å². The average molecular weight is 450 g/mol. The number of hydrogen-bond donors (Lipinski definition) is 0. The van der Waals surface area contributed by atoms with Gasteiger partial charge in [-0.3, -0.25) is 28.1 Å². The van der Waals surface area contributed by atoms with E-state index >= 15 is 0 Å². The molecule has 168 valence electrons. The van der Waals surface area contributed by atoms with Crippen molar-refractivity contribution in [3.05, 3.63) is 86.1 Å². The lowest BCUT2D eigenvalue weighted by molar-refractivity contribution is 0.406. The van der Waals surface area contributed by atoms with Gasteiger partial charge in [0.1, 0.15) is 0 Å². The van der Waals surface area contributed by atoms with Gasteiger partial charge in [0.15, 0.2) is 17.2 Å². The van der Waals surface area contributed by atoms with Crippen LogP contribution in [-0.2, 0) is 0 Å². The molecule has 0 aliphatic rings. The molecular formula is C21H18N6O6. The van der Waals surface area contributed by atoms with Crippen LogP contribution >= 0.6 is 0 Å². The highest BCUT2D eigenvalue weighted by Gasteiger charge is 2.13. The minimum atomic E-state index is -0.307. The summed E-state index contributed by atoms with van der Waals surface area (Å²) in [6.45, 7) is 0. The number of pyridine rings is 3. The van der Waals surface area contributed by atoms with Crippen molar-refractivity contribution in [3.8, 4) is 35.1 Å². The van der Waals surface area contributed by atoms with Crippen LogP contribution in [0.25, 0.3) is 17.8 Å². The molecule has 0 saturated carbocycles. The maximum Gasteiger partial charge on any atom is 0.240 e. The first kappa shape index (κ1) is 21.5. The third kappa shape index (κ3) is 4.21. The van der Waals surface area contributed by atoms with E-state index in [0.29, 0.717) is 0 Å². The van der Waals surface area contributed by atoms with Crippen LogP contribution in [0.15, 0.2) is 69.8 Å². The molecule has 0 aromatic carbocycles. The second-order valence-electron chi connectivity index (χ2n) is 6.59. The molecule has 0 aliphatic heterocycles. The van der Waals surface area contributed by atoms with Crippen LogP contribution in [0, 0.1) is 0 Å². The van der Waals surface area contributed by atoms with Gasteiger partial charge in [0.05, 0.1) is 39.9 Å². The Kier molecular flexibility index (Phi) is 5.72. The number of rotatable bonds is 6. The summed E-state index contributed by atoms with van der Waals surface area (Å²) in [5.41, 5.74) is -0.921. The second-order valence-corrected chi connectivity index (χ2v) is 6.59. The van der Waals surface area contributed by atoms with Gasteiger partial charge in [-0.05, 0) is 0 Å². The summed E-state index contributed by atoms with van der Waals surface area (Å²) in [6.07, 6.45) is 8.73.